The SMILES string of the molecule is CNCCNC(=O)COc1ccc([N+](=O)[O-])c(F)c1.Cl. The van der Waals surface area contributed by atoms with Gasteiger partial charge in [-0.1, -0.05) is 0 Å². The number of amides is 1. The van der Waals surface area contributed by atoms with Crippen molar-refractivity contribution in [1.82, 2.24) is 10.6 Å². The third-order valence-electron chi connectivity index (χ3n) is 2.18. The summed E-state index contributed by atoms with van der Waals surface area (Å²) < 4.78 is 18.3. The number of ether oxygens (including phenoxy) is 1. The molecule has 7 nitrogen and oxygen atoms in total. The van der Waals surface area contributed by atoms with Crippen molar-refractivity contribution in [1.29, 1.82) is 0 Å². The Morgan fingerprint density at radius 2 is 2.15 bits per heavy atom. The summed E-state index contributed by atoms with van der Waals surface area (Å²) in [6.45, 7) is 0.798. The van der Waals surface area contributed by atoms with Gasteiger partial charge in [-0.15, -0.1) is 12.4 Å². The molecule has 2 N–H and O–H groups in total. The van der Waals surface area contributed by atoms with E-state index in [1.54, 1.807) is 7.05 Å². The third kappa shape index (κ3) is 5.81. The second kappa shape index (κ2) is 9.05. The highest BCUT2D eigenvalue weighted by atomic mass is 35.5. The van der Waals surface area contributed by atoms with Gasteiger partial charge < -0.3 is 15.4 Å². The highest BCUT2D eigenvalue weighted by molar-refractivity contribution is 5.85. The van der Waals surface area contributed by atoms with Crippen LogP contribution in [0.25, 0.3) is 0 Å². The van der Waals surface area contributed by atoms with E-state index in [9.17, 15) is 19.3 Å². The maximum absolute atomic E-state index is 13.2. The van der Waals surface area contributed by atoms with E-state index in [2.05, 4.69) is 10.6 Å². The molecule has 0 fully saturated rings. The molecule has 0 aromatic heterocycles. The lowest BCUT2D eigenvalue weighted by Crippen LogP contribution is -2.33. The summed E-state index contributed by atoms with van der Waals surface area (Å²) in [6, 6.07) is 3.10. The van der Waals surface area contributed by atoms with Gasteiger partial charge in [0.15, 0.2) is 6.61 Å². The molecule has 0 aliphatic heterocycles. The molecule has 0 aliphatic rings. The second-order valence-corrected chi connectivity index (χ2v) is 3.61. The summed E-state index contributed by atoms with van der Waals surface area (Å²) in [7, 11) is 1.75. The summed E-state index contributed by atoms with van der Waals surface area (Å²) in [4.78, 5) is 20.9. The van der Waals surface area contributed by atoms with E-state index in [0.29, 0.717) is 13.1 Å². The van der Waals surface area contributed by atoms with E-state index in [1.807, 2.05) is 0 Å². The Morgan fingerprint density at radius 3 is 2.70 bits per heavy atom. The zero-order chi connectivity index (χ0) is 14.3. The van der Waals surface area contributed by atoms with Gasteiger partial charge in [-0.2, -0.15) is 4.39 Å². The number of benzene rings is 1. The van der Waals surface area contributed by atoms with Crippen LogP contribution in [0, 0.1) is 15.9 Å². The summed E-state index contributed by atoms with van der Waals surface area (Å²) >= 11 is 0. The van der Waals surface area contributed by atoms with E-state index in [1.165, 1.54) is 6.07 Å². The van der Waals surface area contributed by atoms with Crippen molar-refractivity contribution in [2.45, 2.75) is 0 Å². The molecule has 20 heavy (non-hydrogen) atoms. The van der Waals surface area contributed by atoms with Crippen LogP contribution in [0.3, 0.4) is 0 Å². The summed E-state index contributed by atoms with van der Waals surface area (Å²) in [6.07, 6.45) is 0. The molecule has 0 aliphatic carbocycles. The topological polar surface area (TPSA) is 93.5 Å². The molecule has 0 spiro atoms. The van der Waals surface area contributed by atoms with Gasteiger partial charge in [-0.05, 0) is 13.1 Å². The van der Waals surface area contributed by atoms with Gasteiger partial charge in [0.25, 0.3) is 5.91 Å². The van der Waals surface area contributed by atoms with Crippen LogP contribution >= 0.6 is 12.4 Å². The van der Waals surface area contributed by atoms with Crippen LogP contribution in [0.1, 0.15) is 0 Å². The first-order valence-corrected chi connectivity index (χ1v) is 5.52. The zero-order valence-electron chi connectivity index (χ0n) is 10.7. The number of likely N-dealkylation sites (N-methyl/N-ethyl adjacent to an activating group) is 1. The van der Waals surface area contributed by atoms with E-state index in [0.717, 1.165) is 12.1 Å². The maximum Gasteiger partial charge on any atom is 0.305 e. The Morgan fingerprint density at radius 1 is 1.45 bits per heavy atom. The fraction of sp³-hybridized carbons (Fsp3) is 0.364. The summed E-state index contributed by atoms with van der Waals surface area (Å²) in [5.74, 6) is -1.29. The second-order valence-electron chi connectivity index (χ2n) is 3.61. The molecular weight excluding hydrogens is 293 g/mol. The smallest absolute Gasteiger partial charge is 0.305 e. The predicted octanol–water partition coefficient (Wildman–Crippen LogP) is 0.870. The highest BCUT2D eigenvalue weighted by Gasteiger charge is 2.14. The van der Waals surface area contributed by atoms with Crippen LogP contribution in [0.4, 0.5) is 10.1 Å². The van der Waals surface area contributed by atoms with E-state index in [4.69, 9.17) is 4.74 Å². The van der Waals surface area contributed by atoms with E-state index < -0.39 is 16.4 Å². The minimum atomic E-state index is -1.00. The van der Waals surface area contributed by atoms with Crippen molar-refractivity contribution >= 4 is 24.0 Å². The standard InChI is InChI=1S/C11H14FN3O4.ClH/c1-13-4-5-14-11(16)7-19-8-2-3-10(15(17)18)9(12)6-8;/h2-3,6,13H,4-5,7H2,1H3,(H,14,16);1H. The average molecular weight is 308 g/mol. The van der Waals surface area contributed by atoms with Crippen LogP contribution in [-0.4, -0.2) is 37.6 Å². The number of nitro groups is 1. The van der Waals surface area contributed by atoms with Crippen molar-refractivity contribution in [3.8, 4) is 5.75 Å². The van der Waals surface area contributed by atoms with Gasteiger partial charge in [-0.3, -0.25) is 14.9 Å². The first-order valence-electron chi connectivity index (χ1n) is 5.52. The number of halogens is 2. The molecule has 0 saturated carbocycles. The molecule has 0 radical (unpaired) electrons. The molecular formula is C11H15ClFN3O4. The van der Waals surface area contributed by atoms with Crippen molar-refractivity contribution in [3.63, 3.8) is 0 Å². The third-order valence-corrected chi connectivity index (χ3v) is 2.18. The Kier molecular flexibility index (Phi) is 8.18. The van der Waals surface area contributed by atoms with E-state index >= 15 is 0 Å². The van der Waals surface area contributed by atoms with Crippen LogP contribution in [0.15, 0.2) is 18.2 Å². The van der Waals surface area contributed by atoms with Crippen molar-refractivity contribution in [3.05, 3.63) is 34.1 Å². The van der Waals surface area contributed by atoms with Crippen LogP contribution in [-0.2, 0) is 4.79 Å². The van der Waals surface area contributed by atoms with Crippen LogP contribution in [0.2, 0.25) is 0 Å². The molecule has 9 heteroatoms. The fourth-order valence-corrected chi connectivity index (χ4v) is 1.25. The van der Waals surface area contributed by atoms with Gasteiger partial charge in [-0.25, -0.2) is 0 Å². The van der Waals surface area contributed by atoms with Crippen molar-refractivity contribution < 1.29 is 18.8 Å². The molecule has 1 aromatic rings. The van der Waals surface area contributed by atoms with Crippen molar-refractivity contribution in [2.24, 2.45) is 0 Å². The Hall–Kier alpha value is -1.93. The molecule has 0 bridgehead atoms. The van der Waals surface area contributed by atoms with E-state index in [-0.39, 0.29) is 30.7 Å². The quantitative estimate of drug-likeness (QED) is 0.443. The Balaban J connectivity index is 0.00000361. The monoisotopic (exact) mass is 307 g/mol. The van der Waals surface area contributed by atoms with Gasteiger partial charge in [0, 0.05) is 25.2 Å². The molecule has 0 atom stereocenters. The minimum Gasteiger partial charge on any atom is -0.484 e. The lowest BCUT2D eigenvalue weighted by Gasteiger charge is -2.07. The summed E-state index contributed by atoms with van der Waals surface area (Å²) in [5.41, 5.74) is -0.633. The Labute approximate surface area is 121 Å². The number of nitrogens with zero attached hydrogens (tertiary/aromatic N) is 1. The number of nitro benzene ring substituents is 1. The minimum absolute atomic E-state index is 0. The molecule has 112 valence electrons. The average Bonchev–Trinajstić information content (AvgIpc) is 2.36. The van der Waals surface area contributed by atoms with Crippen molar-refractivity contribution in [2.75, 3.05) is 26.7 Å². The van der Waals surface area contributed by atoms with Gasteiger partial charge in [0.2, 0.25) is 5.82 Å². The fourth-order valence-electron chi connectivity index (χ4n) is 1.25. The molecule has 1 rings (SSSR count). The highest BCUT2D eigenvalue weighted by Crippen LogP contribution is 2.22. The molecule has 0 saturated heterocycles. The van der Waals surface area contributed by atoms with Gasteiger partial charge in [0.1, 0.15) is 5.75 Å². The number of carbonyl (C=O) groups is 1. The summed E-state index contributed by atoms with van der Waals surface area (Å²) in [5, 5.41) is 15.8. The number of hydrogen-bond donors (Lipinski definition) is 2. The first-order chi connectivity index (χ1) is 9.04. The normalized spacial score (nSPS) is 9.50. The molecule has 0 unspecified atom stereocenters. The molecule has 0 heterocycles. The lowest BCUT2D eigenvalue weighted by molar-refractivity contribution is -0.387. The van der Waals surface area contributed by atoms with Gasteiger partial charge >= 0.3 is 5.69 Å². The van der Waals surface area contributed by atoms with Crippen LogP contribution < -0.4 is 15.4 Å². The lowest BCUT2D eigenvalue weighted by atomic mass is 10.3. The Bertz CT molecular complexity index is 473. The molecule has 1 amide bonds. The van der Waals surface area contributed by atoms with Crippen LogP contribution in [0.5, 0.6) is 5.75 Å². The zero-order valence-corrected chi connectivity index (χ0v) is 11.5. The predicted molar refractivity (Wildman–Crippen MR) is 72.7 cm³/mol. The largest absolute Gasteiger partial charge is 0.484 e. The number of rotatable bonds is 7. The van der Waals surface area contributed by atoms with Gasteiger partial charge in [0.05, 0.1) is 4.92 Å². The first kappa shape index (κ1) is 18.1. The number of nitrogens with one attached hydrogen (secondary N) is 2. The maximum atomic E-state index is 13.2. The number of hydrogen-bond acceptors (Lipinski definition) is 5. The molecule has 1 aromatic carbocycles. The number of carbonyl (C=O) groups excluding carboxylic acids is 1.